The third kappa shape index (κ3) is 7.25. The van der Waals surface area contributed by atoms with Crippen molar-refractivity contribution in [1.29, 1.82) is 0 Å². The van der Waals surface area contributed by atoms with Crippen LogP contribution in [0.3, 0.4) is 0 Å². The molecule has 30 heavy (non-hydrogen) atoms. The molecule has 1 aromatic rings. The molecule has 2 fully saturated rings. The predicted octanol–water partition coefficient (Wildman–Crippen LogP) is 4.20. The molecule has 0 radical (unpaired) electrons. The molecule has 2 aliphatic heterocycles. The maximum atomic E-state index is 6.12. The predicted molar refractivity (Wildman–Crippen MR) is 136 cm³/mol. The van der Waals surface area contributed by atoms with E-state index < -0.39 is 0 Å². The summed E-state index contributed by atoms with van der Waals surface area (Å²) in [6, 6.07) is 4.28. The average Bonchev–Trinajstić information content (AvgIpc) is 3.25. The maximum Gasteiger partial charge on any atom is 0.191 e. The van der Waals surface area contributed by atoms with Gasteiger partial charge in [0.15, 0.2) is 5.96 Å². The van der Waals surface area contributed by atoms with Crippen LogP contribution in [-0.4, -0.2) is 49.8 Å². The molecule has 0 aliphatic carbocycles. The molecule has 0 saturated carbocycles. The highest BCUT2D eigenvalue weighted by atomic mass is 127. The molecule has 6 nitrogen and oxygen atoms in total. The van der Waals surface area contributed by atoms with Crippen LogP contribution in [0.25, 0.3) is 0 Å². The number of nitrogens with one attached hydrogen (secondary N) is 2. The minimum absolute atomic E-state index is 0. The summed E-state index contributed by atoms with van der Waals surface area (Å²) in [7, 11) is 0. The van der Waals surface area contributed by atoms with Crippen LogP contribution in [0, 0.1) is 11.3 Å². The van der Waals surface area contributed by atoms with Crippen molar-refractivity contribution in [3.05, 3.63) is 23.9 Å². The summed E-state index contributed by atoms with van der Waals surface area (Å²) in [6.45, 7) is 14.4. The van der Waals surface area contributed by atoms with Crippen molar-refractivity contribution in [3.63, 3.8) is 0 Å². The fourth-order valence-corrected chi connectivity index (χ4v) is 4.39. The van der Waals surface area contributed by atoms with Crippen molar-refractivity contribution >= 4 is 35.8 Å². The topological polar surface area (TPSA) is 61.8 Å². The van der Waals surface area contributed by atoms with E-state index in [4.69, 9.17) is 9.73 Å². The SMILES string of the molecule is CCNC(=NCc1ccc(N2CCCC2)nc1)NCC1CCCOC1C(C)(C)C.I. The first-order valence-corrected chi connectivity index (χ1v) is 11.3. The van der Waals surface area contributed by atoms with Gasteiger partial charge in [0.05, 0.1) is 12.6 Å². The van der Waals surface area contributed by atoms with Gasteiger partial charge in [-0.3, -0.25) is 0 Å². The molecule has 3 heterocycles. The zero-order chi connectivity index (χ0) is 20.7. The number of hydrogen-bond acceptors (Lipinski definition) is 4. The van der Waals surface area contributed by atoms with Gasteiger partial charge in [0.2, 0.25) is 0 Å². The first-order chi connectivity index (χ1) is 14.0. The lowest BCUT2D eigenvalue weighted by Gasteiger charge is -2.40. The van der Waals surface area contributed by atoms with Gasteiger partial charge in [-0.15, -0.1) is 24.0 Å². The molecular formula is C23H40IN5O. The van der Waals surface area contributed by atoms with Crippen LogP contribution in [0.4, 0.5) is 5.82 Å². The molecule has 2 unspecified atom stereocenters. The second kappa shape index (κ2) is 12.1. The fraction of sp³-hybridized carbons (Fsp3) is 0.739. The molecule has 0 bridgehead atoms. The van der Waals surface area contributed by atoms with Crippen LogP contribution in [0.5, 0.6) is 0 Å². The van der Waals surface area contributed by atoms with Crippen molar-refractivity contribution in [2.75, 3.05) is 37.7 Å². The third-order valence-electron chi connectivity index (χ3n) is 5.83. The van der Waals surface area contributed by atoms with Crippen molar-refractivity contribution in [3.8, 4) is 0 Å². The van der Waals surface area contributed by atoms with Gasteiger partial charge in [0, 0.05) is 44.9 Å². The van der Waals surface area contributed by atoms with Crippen molar-refractivity contribution in [1.82, 2.24) is 15.6 Å². The number of halogens is 1. The highest BCUT2D eigenvalue weighted by Crippen LogP contribution is 2.33. The van der Waals surface area contributed by atoms with E-state index in [0.717, 1.165) is 56.5 Å². The number of aliphatic imine (C=N–C) groups is 1. The van der Waals surface area contributed by atoms with Gasteiger partial charge < -0.3 is 20.3 Å². The molecule has 0 aromatic carbocycles. The number of guanidine groups is 1. The number of rotatable bonds is 6. The van der Waals surface area contributed by atoms with Gasteiger partial charge >= 0.3 is 0 Å². The van der Waals surface area contributed by atoms with E-state index in [2.05, 4.69) is 60.3 Å². The van der Waals surface area contributed by atoms with Crippen LogP contribution in [0.2, 0.25) is 0 Å². The minimum atomic E-state index is 0. The van der Waals surface area contributed by atoms with E-state index >= 15 is 0 Å². The summed E-state index contributed by atoms with van der Waals surface area (Å²) in [5.74, 6) is 2.47. The summed E-state index contributed by atoms with van der Waals surface area (Å²) in [5.41, 5.74) is 1.30. The van der Waals surface area contributed by atoms with Gasteiger partial charge in [-0.1, -0.05) is 26.8 Å². The fourth-order valence-electron chi connectivity index (χ4n) is 4.39. The zero-order valence-electron chi connectivity index (χ0n) is 19.1. The first-order valence-electron chi connectivity index (χ1n) is 11.3. The van der Waals surface area contributed by atoms with Crippen molar-refractivity contribution in [2.24, 2.45) is 16.3 Å². The molecule has 7 heteroatoms. The zero-order valence-corrected chi connectivity index (χ0v) is 21.4. The van der Waals surface area contributed by atoms with Crippen LogP contribution in [-0.2, 0) is 11.3 Å². The Morgan fingerprint density at radius 1 is 1.20 bits per heavy atom. The highest BCUT2D eigenvalue weighted by Gasteiger charge is 2.35. The van der Waals surface area contributed by atoms with Gasteiger partial charge in [0.1, 0.15) is 5.82 Å². The van der Waals surface area contributed by atoms with E-state index in [0.29, 0.717) is 12.5 Å². The molecule has 170 valence electrons. The number of aromatic nitrogens is 1. The van der Waals surface area contributed by atoms with Crippen molar-refractivity contribution < 1.29 is 4.74 Å². The van der Waals surface area contributed by atoms with E-state index in [9.17, 15) is 0 Å². The Hall–Kier alpha value is -1.09. The summed E-state index contributed by atoms with van der Waals surface area (Å²) >= 11 is 0. The van der Waals surface area contributed by atoms with Crippen LogP contribution < -0.4 is 15.5 Å². The summed E-state index contributed by atoms with van der Waals surface area (Å²) < 4.78 is 6.12. The molecule has 0 spiro atoms. The number of nitrogens with zero attached hydrogens (tertiary/aromatic N) is 3. The molecular weight excluding hydrogens is 489 g/mol. The normalized spacial score (nSPS) is 22.5. The lowest BCUT2D eigenvalue weighted by molar-refractivity contribution is -0.0835. The average molecular weight is 530 g/mol. The second-order valence-corrected chi connectivity index (χ2v) is 9.35. The van der Waals surface area contributed by atoms with Gasteiger partial charge in [0.25, 0.3) is 0 Å². The molecule has 2 N–H and O–H groups in total. The highest BCUT2D eigenvalue weighted by molar-refractivity contribution is 14.0. The molecule has 3 rings (SSSR count). The Morgan fingerprint density at radius 2 is 1.97 bits per heavy atom. The van der Waals surface area contributed by atoms with Crippen LogP contribution in [0.15, 0.2) is 23.3 Å². The van der Waals surface area contributed by atoms with E-state index in [-0.39, 0.29) is 35.5 Å². The minimum Gasteiger partial charge on any atom is -0.377 e. The number of hydrogen-bond donors (Lipinski definition) is 2. The van der Waals surface area contributed by atoms with E-state index in [1.807, 2.05) is 6.20 Å². The molecule has 1 aromatic heterocycles. The van der Waals surface area contributed by atoms with Crippen LogP contribution in [0.1, 0.15) is 58.9 Å². The Labute approximate surface area is 199 Å². The van der Waals surface area contributed by atoms with Gasteiger partial charge in [-0.25, -0.2) is 9.98 Å². The van der Waals surface area contributed by atoms with Crippen molar-refractivity contribution in [2.45, 2.75) is 66.0 Å². The van der Waals surface area contributed by atoms with E-state index in [1.54, 1.807) is 0 Å². The largest absolute Gasteiger partial charge is 0.377 e. The number of pyridine rings is 1. The van der Waals surface area contributed by atoms with Crippen LogP contribution >= 0.6 is 24.0 Å². The monoisotopic (exact) mass is 529 g/mol. The van der Waals surface area contributed by atoms with Gasteiger partial charge in [-0.05, 0) is 49.7 Å². The Balaban J connectivity index is 0.00000320. The maximum absolute atomic E-state index is 6.12. The molecule has 0 amide bonds. The lowest BCUT2D eigenvalue weighted by atomic mass is 9.78. The second-order valence-electron chi connectivity index (χ2n) is 9.35. The molecule has 2 saturated heterocycles. The standard InChI is InChI=1S/C23H39N5O.HI/c1-5-24-22(27-17-19-9-8-14-29-21(19)23(2,3)4)26-16-18-10-11-20(25-15-18)28-12-6-7-13-28;/h10-11,15,19,21H,5-9,12-14,16-17H2,1-4H3,(H2,24,26,27);1H. The Kier molecular flexibility index (Phi) is 10.1. The van der Waals surface area contributed by atoms with E-state index in [1.165, 1.54) is 19.3 Å². The summed E-state index contributed by atoms with van der Waals surface area (Å²) in [6.07, 6.45) is 7.14. The Bertz CT molecular complexity index is 653. The van der Waals surface area contributed by atoms with Gasteiger partial charge in [-0.2, -0.15) is 0 Å². The molecule has 2 aliphatic rings. The number of ether oxygens (including phenoxy) is 1. The quantitative estimate of drug-likeness (QED) is 0.329. The summed E-state index contributed by atoms with van der Waals surface area (Å²) in [5, 5.41) is 6.92. The third-order valence-corrected chi connectivity index (χ3v) is 5.83. The Morgan fingerprint density at radius 3 is 2.60 bits per heavy atom. The smallest absolute Gasteiger partial charge is 0.191 e. The number of anilines is 1. The summed E-state index contributed by atoms with van der Waals surface area (Å²) in [4.78, 5) is 11.8. The molecule has 2 atom stereocenters. The first kappa shape index (κ1) is 25.2. The lowest BCUT2D eigenvalue weighted by Crippen LogP contribution is -2.47.